The van der Waals surface area contributed by atoms with E-state index in [2.05, 4.69) is 6.92 Å². The van der Waals surface area contributed by atoms with Crippen LogP contribution < -0.4 is 0 Å². The average molecular weight is 559 g/mol. The molecule has 0 N–H and O–H groups in total. The van der Waals surface area contributed by atoms with Crippen LogP contribution in [0.1, 0.15) is 30.1 Å². The first-order valence-corrected chi connectivity index (χ1v) is 13.6. The Morgan fingerprint density at radius 1 is 0.487 bits per heavy atom. The average Bonchev–Trinajstić information content (AvgIpc) is 2.96. The molecule has 0 bridgehead atoms. The number of hydrogen-bond acceptors (Lipinski definition) is 11. The number of esters is 1. The molecule has 1 aromatic carbocycles. The quantitative estimate of drug-likeness (QED) is 0.0624. The van der Waals surface area contributed by atoms with Crippen molar-refractivity contribution >= 4 is 11.8 Å². The van der Waals surface area contributed by atoms with Crippen LogP contribution in [0.3, 0.4) is 0 Å². The highest BCUT2D eigenvalue weighted by Gasteiger charge is 2.17. The summed E-state index contributed by atoms with van der Waals surface area (Å²) >= 11 is 0. The van der Waals surface area contributed by atoms with Gasteiger partial charge in [0.1, 0.15) is 6.61 Å². The molecule has 0 saturated heterocycles. The van der Waals surface area contributed by atoms with E-state index in [9.17, 15) is 9.59 Å². The Hall–Kier alpha value is -1.96. The van der Waals surface area contributed by atoms with E-state index in [-0.39, 0.29) is 13.2 Å². The number of unbranched alkanes of at least 4 members (excludes halogenated alkanes) is 1. The van der Waals surface area contributed by atoms with E-state index in [1.54, 1.807) is 30.3 Å². The minimum atomic E-state index is -0.892. The third-order valence-electron chi connectivity index (χ3n) is 4.93. The maximum Gasteiger partial charge on any atom is 0.379 e. The molecule has 39 heavy (non-hydrogen) atoms. The minimum absolute atomic E-state index is 0.00458. The van der Waals surface area contributed by atoms with E-state index >= 15 is 0 Å². The van der Waals surface area contributed by atoms with Gasteiger partial charge in [-0.1, -0.05) is 43.7 Å². The molecule has 0 aliphatic heterocycles. The number of carbonyl (C=O) groups is 2. The summed E-state index contributed by atoms with van der Waals surface area (Å²) < 4.78 is 48.2. The molecule has 0 atom stereocenters. The van der Waals surface area contributed by atoms with E-state index in [0.717, 1.165) is 19.4 Å². The van der Waals surface area contributed by atoms with Gasteiger partial charge in [-0.3, -0.25) is 4.79 Å². The summed E-state index contributed by atoms with van der Waals surface area (Å²) in [6.45, 7) is 10.0. The van der Waals surface area contributed by atoms with Gasteiger partial charge < -0.3 is 42.6 Å². The zero-order chi connectivity index (χ0) is 28.1. The van der Waals surface area contributed by atoms with Gasteiger partial charge in [0.25, 0.3) is 5.78 Å². The number of Topliss-reactive ketones (excluding diaryl/α,β-unsaturated/α-hetero) is 1. The SMILES string of the molecule is CCCCOCCOCCOCCOCCOCCOCCOCCOCCOC(=O)C(=O)c1ccccc1. The summed E-state index contributed by atoms with van der Waals surface area (Å²) in [6.07, 6.45) is 2.23. The third kappa shape index (κ3) is 22.5. The molecular weight excluding hydrogens is 512 g/mol. The first-order chi connectivity index (χ1) is 19.3. The number of ketones is 1. The van der Waals surface area contributed by atoms with Crippen LogP contribution in [-0.4, -0.2) is 124 Å². The zero-order valence-corrected chi connectivity index (χ0v) is 23.3. The van der Waals surface area contributed by atoms with Crippen LogP contribution in [0, 0.1) is 0 Å². The van der Waals surface area contributed by atoms with Crippen molar-refractivity contribution in [3.63, 3.8) is 0 Å². The van der Waals surface area contributed by atoms with E-state index in [1.807, 2.05) is 0 Å². The lowest BCUT2D eigenvalue weighted by Gasteiger charge is -2.09. The molecular formula is C28H46O11. The van der Waals surface area contributed by atoms with E-state index in [1.165, 1.54) is 0 Å². The minimum Gasteiger partial charge on any atom is -0.457 e. The predicted octanol–water partition coefficient (Wildman–Crippen LogP) is 2.35. The van der Waals surface area contributed by atoms with Crippen molar-refractivity contribution in [2.45, 2.75) is 19.8 Å². The fourth-order valence-corrected chi connectivity index (χ4v) is 2.85. The number of ether oxygens (including phenoxy) is 9. The van der Waals surface area contributed by atoms with Gasteiger partial charge in [-0.05, 0) is 6.42 Å². The molecule has 0 saturated carbocycles. The zero-order valence-electron chi connectivity index (χ0n) is 23.3. The van der Waals surface area contributed by atoms with Gasteiger partial charge >= 0.3 is 5.97 Å². The Morgan fingerprint density at radius 2 is 0.821 bits per heavy atom. The lowest BCUT2D eigenvalue weighted by atomic mass is 10.1. The van der Waals surface area contributed by atoms with Gasteiger partial charge in [0.15, 0.2) is 0 Å². The van der Waals surface area contributed by atoms with Crippen molar-refractivity contribution in [2.75, 3.05) is 112 Å². The van der Waals surface area contributed by atoms with Crippen LogP contribution in [0.25, 0.3) is 0 Å². The highest BCUT2D eigenvalue weighted by Crippen LogP contribution is 2.01. The molecule has 1 aromatic rings. The predicted molar refractivity (Wildman–Crippen MR) is 143 cm³/mol. The van der Waals surface area contributed by atoms with Gasteiger partial charge in [-0.25, -0.2) is 4.79 Å². The van der Waals surface area contributed by atoms with Gasteiger partial charge in [-0.15, -0.1) is 0 Å². The molecule has 0 aliphatic carbocycles. The van der Waals surface area contributed by atoms with Crippen LogP contribution in [0.4, 0.5) is 0 Å². The summed E-state index contributed by atoms with van der Waals surface area (Å²) in [7, 11) is 0. The largest absolute Gasteiger partial charge is 0.457 e. The van der Waals surface area contributed by atoms with E-state index in [0.29, 0.717) is 98.1 Å². The lowest BCUT2D eigenvalue weighted by molar-refractivity contribution is -0.139. The molecule has 224 valence electrons. The topological polar surface area (TPSA) is 117 Å². The Bertz CT molecular complexity index is 687. The monoisotopic (exact) mass is 558 g/mol. The molecule has 0 heterocycles. The highest BCUT2D eigenvalue weighted by atomic mass is 16.6. The van der Waals surface area contributed by atoms with Crippen molar-refractivity contribution in [3.05, 3.63) is 35.9 Å². The van der Waals surface area contributed by atoms with E-state index < -0.39 is 11.8 Å². The molecule has 1 rings (SSSR count). The first-order valence-electron chi connectivity index (χ1n) is 13.6. The summed E-state index contributed by atoms with van der Waals surface area (Å²) in [5, 5.41) is 0. The smallest absolute Gasteiger partial charge is 0.379 e. The summed E-state index contributed by atoms with van der Waals surface area (Å²) in [5.74, 6) is -1.56. The number of carbonyl (C=O) groups excluding carboxylic acids is 2. The normalized spacial score (nSPS) is 11.1. The standard InChI is InChI=1S/C28H46O11/c1-2-3-9-31-10-11-32-12-13-33-14-15-34-16-17-35-18-19-36-20-21-37-22-23-38-24-25-39-28(30)27(29)26-7-5-4-6-8-26/h4-8H,2-3,9-25H2,1H3. The molecule has 0 amide bonds. The molecule has 0 aliphatic rings. The number of rotatable bonds is 29. The lowest BCUT2D eigenvalue weighted by Crippen LogP contribution is -2.20. The summed E-state index contributed by atoms with van der Waals surface area (Å²) in [4.78, 5) is 23.5. The van der Waals surface area contributed by atoms with Crippen LogP contribution in [0.15, 0.2) is 30.3 Å². The van der Waals surface area contributed by atoms with Gasteiger partial charge in [0, 0.05) is 12.2 Å². The Morgan fingerprint density at radius 3 is 1.18 bits per heavy atom. The third-order valence-corrected chi connectivity index (χ3v) is 4.93. The molecule has 0 unspecified atom stereocenters. The molecule has 0 radical (unpaired) electrons. The van der Waals surface area contributed by atoms with Crippen LogP contribution in [0.2, 0.25) is 0 Å². The summed E-state index contributed by atoms with van der Waals surface area (Å²) in [6, 6.07) is 8.27. The molecule has 0 fully saturated rings. The van der Waals surface area contributed by atoms with Crippen molar-refractivity contribution in [2.24, 2.45) is 0 Å². The van der Waals surface area contributed by atoms with E-state index in [4.69, 9.17) is 42.6 Å². The van der Waals surface area contributed by atoms with Crippen molar-refractivity contribution in [1.82, 2.24) is 0 Å². The highest BCUT2D eigenvalue weighted by molar-refractivity contribution is 6.40. The van der Waals surface area contributed by atoms with Gasteiger partial charge in [0.05, 0.1) is 99.1 Å². The van der Waals surface area contributed by atoms with Gasteiger partial charge in [-0.2, -0.15) is 0 Å². The molecule has 0 aromatic heterocycles. The molecule has 0 spiro atoms. The number of benzene rings is 1. The maximum atomic E-state index is 11.9. The summed E-state index contributed by atoms with van der Waals surface area (Å²) in [5.41, 5.74) is 0.300. The van der Waals surface area contributed by atoms with Crippen molar-refractivity contribution < 1.29 is 52.2 Å². The van der Waals surface area contributed by atoms with Crippen molar-refractivity contribution in [1.29, 1.82) is 0 Å². The number of hydrogen-bond donors (Lipinski definition) is 0. The Labute approximate surface area is 232 Å². The van der Waals surface area contributed by atoms with Crippen LogP contribution in [-0.2, 0) is 47.4 Å². The fourth-order valence-electron chi connectivity index (χ4n) is 2.85. The van der Waals surface area contributed by atoms with Crippen molar-refractivity contribution in [3.8, 4) is 0 Å². The molecule has 11 nitrogen and oxygen atoms in total. The second-order valence-electron chi connectivity index (χ2n) is 8.08. The Kier molecular flexibility index (Phi) is 24.8. The second-order valence-corrected chi connectivity index (χ2v) is 8.08. The van der Waals surface area contributed by atoms with Crippen LogP contribution in [0.5, 0.6) is 0 Å². The Balaban J connectivity index is 1.70. The molecule has 11 heteroatoms. The fraction of sp³-hybridized carbons (Fsp3) is 0.714. The second kappa shape index (κ2) is 27.6. The van der Waals surface area contributed by atoms with Gasteiger partial charge in [0.2, 0.25) is 0 Å². The van der Waals surface area contributed by atoms with Crippen LogP contribution >= 0.6 is 0 Å². The maximum absolute atomic E-state index is 11.9. The first kappa shape index (κ1) is 35.1.